The lowest BCUT2D eigenvalue weighted by atomic mass is 10.0. The van der Waals surface area contributed by atoms with Crippen molar-refractivity contribution in [2.45, 2.75) is 17.7 Å². The van der Waals surface area contributed by atoms with Crippen LogP contribution in [0.5, 0.6) is 0 Å². The third-order valence-corrected chi connectivity index (χ3v) is 5.20. The second-order valence-corrected chi connectivity index (χ2v) is 8.02. The molecule has 2 aromatic carbocycles. The molecule has 1 amide bonds. The highest BCUT2D eigenvalue weighted by molar-refractivity contribution is 7.90. The molecule has 1 heterocycles. The molecule has 0 saturated heterocycles. The highest BCUT2D eigenvalue weighted by Gasteiger charge is 2.18. The maximum absolute atomic E-state index is 12.3. The second-order valence-electron chi connectivity index (χ2n) is 6.00. The van der Waals surface area contributed by atoms with Gasteiger partial charge in [-0.15, -0.1) is 0 Å². The van der Waals surface area contributed by atoms with Crippen molar-refractivity contribution in [3.63, 3.8) is 0 Å². The van der Waals surface area contributed by atoms with E-state index < -0.39 is 9.84 Å². The molecule has 0 radical (unpaired) electrons. The van der Waals surface area contributed by atoms with E-state index >= 15 is 0 Å². The number of carbonyl (C=O) groups is 1. The SMILES string of the molecule is CS(=O)(=O)c1cccc(NC(=O)CN2CCCc3ccccc32)c1. The first-order chi connectivity index (χ1) is 11.4. The first kappa shape index (κ1) is 16.5. The van der Waals surface area contributed by atoms with Crippen LogP contribution in [0.4, 0.5) is 11.4 Å². The van der Waals surface area contributed by atoms with Gasteiger partial charge in [0, 0.05) is 24.2 Å². The molecule has 24 heavy (non-hydrogen) atoms. The minimum Gasteiger partial charge on any atom is -0.362 e. The van der Waals surface area contributed by atoms with Crippen LogP contribution in [0.2, 0.25) is 0 Å². The molecular formula is C18H20N2O3S. The van der Waals surface area contributed by atoms with E-state index in [9.17, 15) is 13.2 Å². The summed E-state index contributed by atoms with van der Waals surface area (Å²) in [7, 11) is -3.29. The van der Waals surface area contributed by atoms with E-state index in [0.29, 0.717) is 5.69 Å². The maximum Gasteiger partial charge on any atom is 0.243 e. The van der Waals surface area contributed by atoms with Crippen LogP contribution in [0, 0.1) is 0 Å². The van der Waals surface area contributed by atoms with Crippen LogP contribution in [0.25, 0.3) is 0 Å². The largest absolute Gasteiger partial charge is 0.362 e. The topological polar surface area (TPSA) is 66.5 Å². The number of hydrogen-bond donors (Lipinski definition) is 1. The zero-order chi connectivity index (χ0) is 17.2. The molecule has 126 valence electrons. The number of aryl methyl sites for hydroxylation is 1. The highest BCUT2D eigenvalue weighted by atomic mass is 32.2. The van der Waals surface area contributed by atoms with Gasteiger partial charge >= 0.3 is 0 Å². The van der Waals surface area contributed by atoms with Crippen molar-refractivity contribution >= 4 is 27.1 Å². The summed E-state index contributed by atoms with van der Waals surface area (Å²) in [5.74, 6) is -0.155. The van der Waals surface area contributed by atoms with Crippen molar-refractivity contribution in [1.29, 1.82) is 0 Å². The van der Waals surface area contributed by atoms with Gasteiger partial charge in [-0.2, -0.15) is 0 Å². The van der Waals surface area contributed by atoms with E-state index in [1.165, 1.54) is 17.7 Å². The number of nitrogens with zero attached hydrogens (tertiary/aromatic N) is 1. The third-order valence-electron chi connectivity index (χ3n) is 4.09. The molecule has 1 N–H and O–H groups in total. The van der Waals surface area contributed by atoms with E-state index in [1.54, 1.807) is 12.1 Å². The van der Waals surface area contributed by atoms with Gasteiger partial charge in [-0.25, -0.2) is 8.42 Å². The van der Waals surface area contributed by atoms with E-state index in [2.05, 4.69) is 16.3 Å². The smallest absolute Gasteiger partial charge is 0.243 e. The number of hydrogen-bond acceptors (Lipinski definition) is 4. The summed E-state index contributed by atoms with van der Waals surface area (Å²) in [6.07, 6.45) is 3.21. The Morgan fingerprint density at radius 1 is 1.17 bits per heavy atom. The molecule has 5 nitrogen and oxygen atoms in total. The van der Waals surface area contributed by atoms with E-state index in [1.807, 2.05) is 18.2 Å². The van der Waals surface area contributed by atoms with Crippen LogP contribution in [0.15, 0.2) is 53.4 Å². The average molecular weight is 344 g/mol. The number of rotatable bonds is 4. The number of nitrogens with one attached hydrogen (secondary N) is 1. The van der Waals surface area contributed by atoms with Crippen LogP contribution in [0.3, 0.4) is 0 Å². The first-order valence-corrected chi connectivity index (χ1v) is 9.75. The Labute approximate surface area is 142 Å². The number of para-hydroxylation sites is 1. The monoisotopic (exact) mass is 344 g/mol. The Balaban J connectivity index is 1.71. The van der Waals surface area contributed by atoms with E-state index in [-0.39, 0.29) is 17.3 Å². The minimum absolute atomic E-state index is 0.155. The minimum atomic E-state index is -3.29. The quantitative estimate of drug-likeness (QED) is 0.925. The summed E-state index contributed by atoms with van der Waals surface area (Å²) in [5, 5.41) is 2.79. The molecule has 0 aliphatic carbocycles. The number of fused-ring (bicyclic) bond motifs is 1. The molecule has 1 aliphatic rings. The summed E-state index contributed by atoms with van der Waals surface area (Å²) < 4.78 is 23.2. The van der Waals surface area contributed by atoms with Crippen molar-refractivity contribution in [2.24, 2.45) is 0 Å². The molecule has 0 unspecified atom stereocenters. The van der Waals surface area contributed by atoms with Crippen molar-refractivity contribution < 1.29 is 13.2 Å². The number of benzene rings is 2. The van der Waals surface area contributed by atoms with Gasteiger partial charge in [0.25, 0.3) is 0 Å². The van der Waals surface area contributed by atoms with Crippen LogP contribution in [0.1, 0.15) is 12.0 Å². The van der Waals surface area contributed by atoms with Gasteiger partial charge in [-0.05, 0) is 42.7 Å². The van der Waals surface area contributed by atoms with Crippen LogP contribution >= 0.6 is 0 Å². The normalized spacial score (nSPS) is 14.1. The second kappa shape index (κ2) is 6.65. The average Bonchev–Trinajstić information content (AvgIpc) is 2.54. The summed E-state index contributed by atoms with van der Waals surface area (Å²) in [6, 6.07) is 14.4. The lowest BCUT2D eigenvalue weighted by Gasteiger charge is -2.30. The van der Waals surface area contributed by atoms with Crippen LogP contribution in [-0.4, -0.2) is 33.7 Å². The Morgan fingerprint density at radius 3 is 2.75 bits per heavy atom. The van der Waals surface area contributed by atoms with E-state index in [4.69, 9.17) is 0 Å². The molecule has 0 bridgehead atoms. The molecule has 6 heteroatoms. The van der Waals surface area contributed by atoms with Gasteiger partial charge in [0.1, 0.15) is 0 Å². The number of anilines is 2. The standard InChI is InChI=1S/C18H20N2O3S/c1-24(22,23)16-9-4-8-15(12-16)19-18(21)13-20-11-5-7-14-6-2-3-10-17(14)20/h2-4,6,8-10,12H,5,7,11,13H2,1H3,(H,19,21). The molecular weight excluding hydrogens is 324 g/mol. The summed E-state index contributed by atoms with van der Waals surface area (Å²) in [5.41, 5.74) is 2.85. The summed E-state index contributed by atoms with van der Waals surface area (Å²) in [6.45, 7) is 1.09. The Bertz CT molecular complexity index is 862. The van der Waals surface area contributed by atoms with Gasteiger partial charge < -0.3 is 10.2 Å². The molecule has 1 aliphatic heterocycles. The Morgan fingerprint density at radius 2 is 1.96 bits per heavy atom. The van der Waals surface area contributed by atoms with Crippen molar-refractivity contribution in [3.05, 3.63) is 54.1 Å². The molecule has 0 saturated carbocycles. The zero-order valence-electron chi connectivity index (χ0n) is 13.5. The van der Waals surface area contributed by atoms with Gasteiger partial charge in [0.15, 0.2) is 9.84 Å². The maximum atomic E-state index is 12.3. The van der Waals surface area contributed by atoms with Crippen molar-refractivity contribution in [3.8, 4) is 0 Å². The Hall–Kier alpha value is -2.34. The molecule has 0 aromatic heterocycles. The predicted molar refractivity (Wildman–Crippen MR) is 95.2 cm³/mol. The van der Waals surface area contributed by atoms with Gasteiger partial charge in [-0.3, -0.25) is 4.79 Å². The lowest BCUT2D eigenvalue weighted by molar-refractivity contribution is -0.115. The fraction of sp³-hybridized carbons (Fsp3) is 0.278. The van der Waals surface area contributed by atoms with E-state index in [0.717, 1.165) is 31.3 Å². The number of sulfone groups is 1. The molecule has 0 atom stereocenters. The highest BCUT2D eigenvalue weighted by Crippen LogP contribution is 2.26. The van der Waals surface area contributed by atoms with Gasteiger partial charge in [-0.1, -0.05) is 24.3 Å². The molecule has 0 fully saturated rings. The number of carbonyl (C=O) groups excluding carboxylic acids is 1. The van der Waals surface area contributed by atoms with Gasteiger partial charge in [0.2, 0.25) is 5.91 Å². The van der Waals surface area contributed by atoms with Crippen LogP contribution in [-0.2, 0) is 21.1 Å². The third kappa shape index (κ3) is 3.76. The Kier molecular flexibility index (Phi) is 4.57. The predicted octanol–water partition coefficient (Wildman–Crippen LogP) is 2.48. The van der Waals surface area contributed by atoms with Crippen LogP contribution < -0.4 is 10.2 Å². The van der Waals surface area contributed by atoms with Crippen molar-refractivity contribution in [2.75, 3.05) is 29.6 Å². The molecule has 0 spiro atoms. The lowest BCUT2D eigenvalue weighted by Crippen LogP contribution is -2.36. The van der Waals surface area contributed by atoms with Crippen molar-refractivity contribution in [1.82, 2.24) is 0 Å². The fourth-order valence-electron chi connectivity index (χ4n) is 2.95. The fourth-order valence-corrected chi connectivity index (χ4v) is 3.62. The molecule has 2 aromatic rings. The molecule has 3 rings (SSSR count). The number of amides is 1. The van der Waals surface area contributed by atoms with Gasteiger partial charge in [0.05, 0.1) is 11.4 Å². The first-order valence-electron chi connectivity index (χ1n) is 7.86. The summed E-state index contributed by atoms with van der Waals surface area (Å²) in [4.78, 5) is 14.6. The summed E-state index contributed by atoms with van der Waals surface area (Å²) >= 11 is 0. The zero-order valence-corrected chi connectivity index (χ0v) is 14.3.